The van der Waals surface area contributed by atoms with E-state index in [1.54, 1.807) is 0 Å². The Morgan fingerprint density at radius 2 is 1.94 bits per heavy atom. The lowest BCUT2D eigenvalue weighted by atomic mass is 10.1. The summed E-state index contributed by atoms with van der Waals surface area (Å²) in [6.07, 6.45) is -0.577. The molecule has 6 nitrogen and oxygen atoms in total. The van der Waals surface area contributed by atoms with Crippen LogP contribution in [0.15, 0.2) is 64.2 Å². The van der Waals surface area contributed by atoms with Gasteiger partial charge in [-0.2, -0.15) is 4.98 Å². The monoisotopic (exact) mass is 450 g/mol. The Kier molecular flexibility index (Phi) is 5.29. The van der Waals surface area contributed by atoms with Crippen LogP contribution < -0.4 is 10.1 Å². The largest absolute Gasteiger partial charge is 0.455 e. The number of benzene rings is 2. The SMILES string of the molecule is CCSc1nnc2c(n1)O[C@@H](c1ccc(-c3cc(Cl)ccc3C)o1)Nc1ccccc1-2. The van der Waals surface area contributed by atoms with Crippen LogP contribution in [0.4, 0.5) is 5.69 Å². The molecule has 1 atom stereocenters. The maximum atomic E-state index is 6.26. The van der Waals surface area contributed by atoms with E-state index in [1.807, 2.05) is 68.4 Å². The Labute approximate surface area is 189 Å². The summed E-state index contributed by atoms with van der Waals surface area (Å²) in [5, 5.41) is 13.3. The first kappa shape index (κ1) is 19.9. The Balaban J connectivity index is 1.56. The number of hydrogen-bond donors (Lipinski definition) is 1. The van der Waals surface area contributed by atoms with E-state index in [2.05, 4.69) is 20.5 Å². The van der Waals surface area contributed by atoms with Crippen molar-refractivity contribution < 1.29 is 9.15 Å². The molecule has 4 aromatic rings. The number of thioether (sulfide) groups is 1. The predicted octanol–water partition coefficient (Wildman–Crippen LogP) is 6.38. The zero-order chi connectivity index (χ0) is 21.4. The number of nitrogens with one attached hydrogen (secondary N) is 1. The summed E-state index contributed by atoms with van der Waals surface area (Å²) in [7, 11) is 0. The Morgan fingerprint density at radius 1 is 1.06 bits per heavy atom. The molecule has 2 aromatic carbocycles. The number of ether oxygens (including phenoxy) is 1. The first-order valence-corrected chi connectivity index (χ1v) is 11.2. The van der Waals surface area contributed by atoms with Gasteiger partial charge in [-0.05, 0) is 48.6 Å². The molecule has 0 aliphatic carbocycles. The zero-order valence-electron chi connectivity index (χ0n) is 16.9. The van der Waals surface area contributed by atoms with Crippen molar-refractivity contribution in [3.05, 3.63) is 70.9 Å². The molecule has 0 bridgehead atoms. The number of fused-ring (bicyclic) bond motifs is 3. The van der Waals surface area contributed by atoms with Crippen molar-refractivity contribution >= 4 is 29.1 Å². The summed E-state index contributed by atoms with van der Waals surface area (Å²) in [5.74, 6) is 2.62. The number of furan rings is 1. The molecule has 2 aromatic heterocycles. The molecule has 8 heteroatoms. The van der Waals surface area contributed by atoms with Gasteiger partial charge < -0.3 is 14.5 Å². The summed E-state index contributed by atoms with van der Waals surface area (Å²) in [4.78, 5) is 4.60. The van der Waals surface area contributed by atoms with Crippen LogP contribution in [0.2, 0.25) is 5.02 Å². The molecule has 0 unspecified atom stereocenters. The molecular weight excluding hydrogens is 432 g/mol. The third-order valence-electron chi connectivity index (χ3n) is 4.96. The number of aromatic nitrogens is 3. The summed E-state index contributed by atoms with van der Waals surface area (Å²) < 4.78 is 12.5. The van der Waals surface area contributed by atoms with E-state index < -0.39 is 6.23 Å². The number of halogens is 1. The van der Waals surface area contributed by atoms with Gasteiger partial charge in [0.1, 0.15) is 5.76 Å². The fraction of sp³-hybridized carbons (Fsp3) is 0.174. The van der Waals surface area contributed by atoms with Gasteiger partial charge in [-0.3, -0.25) is 0 Å². The lowest BCUT2D eigenvalue weighted by Gasteiger charge is -2.16. The van der Waals surface area contributed by atoms with Crippen molar-refractivity contribution in [3.63, 3.8) is 0 Å². The first-order valence-electron chi connectivity index (χ1n) is 9.88. The van der Waals surface area contributed by atoms with Crippen LogP contribution in [-0.2, 0) is 0 Å². The Morgan fingerprint density at radius 3 is 2.81 bits per heavy atom. The van der Waals surface area contributed by atoms with Crippen molar-refractivity contribution in [1.82, 2.24) is 15.2 Å². The highest BCUT2D eigenvalue weighted by molar-refractivity contribution is 7.99. The molecule has 0 spiro atoms. The first-order chi connectivity index (χ1) is 15.1. The van der Waals surface area contributed by atoms with Crippen molar-refractivity contribution in [3.8, 4) is 28.5 Å². The molecule has 0 fully saturated rings. The van der Waals surface area contributed by atoms with Gasteiger partial charge >= 0.3 is 0 Å². The van der Waals surface area contributed by atoms with E-state index in [1.165, 1.54) is 11.8 Å². The molecule has 1 aliphatic heterocycles. The molecule has 0 saturated carbocycles. The van der Waals surface area contributed by atoms with Crippen molar-refractivity contribution in [2.75, 3.05) is 11.1 Å². The lowest BCUT2D eigenvalue weighted by molar-refractivity contribution is 0.196. The average molecular weight is 451 g/mol. The van der Waals surface area contributed by atoms with Crippen LogP contribution in [0.5, 0.6) is 5.88 Å². The molecule has 1 N–H and O–H groups in total. The van der Waals surface area contributed by atoms with E-state index >= 15 is 0 Å². The van der Waals surface area contributed by atoms with Gasteiger partial charge in [0.15, 0.2) is 11.5 Å². The number of hydrogen-bond acceptors (Lipinski definition) is 7. The lowest BCUT2D eigenvalue weighted by Crippen LogP contribution is -2.16. The van der Waals surface area contributed by atoms with Gasteiger partial charge in [-0.15, -0.1) is 10.2 Å². The smallest absolute Gasteiger partial charge is 0.247 e. The summed E-state index contributed by atoms with van der Waals surface area (Å²) in [6.45, 7) is 4.07. The van der Waals surface area contributed by atoms with Gasteiger partial charge in [0, 0.05) is 21.8 Å². The molecule has 0 radical (unpaired) electrons. The topological polar surface area (TPSA) is 73.1 Å². The van der Waals surface area contributed by atoms with Crippen LogP contribution >= 0.6 is 23.4 Å². The number of para-hydroxylation sites is 1. The predicted molar refractivity (Wildman–Crippen MR) is 123 cm³/mol. The molecule has 156 valence electrons. The molecule has 0 amide bonds. The highest BCUT2D eigenvalue weighted by atomic mass is 35.5. The Bertz CT molecular complexity index is 1260. The highest BCUT2D eigenvalue weighted by Gasteiger charge is 2.28. The number of aryl methyl sites for hydroxylation is 1. The Hall–Kier alpha value is -3.03. The maximum Gasteiger partial charge on any atom is 0.247 e. The minimum Gasteiger partial charge on any atom is -0.455 e. The fourth-order valence-electron chi connectivity index (χ4n) is 3.46. The van der Waals surface area contributed by atoms with Gasteiger partial charge in [-0.25, -0.2) is 0 Å². The second kappa shape index (κ2) is 8.24. The minimum absolute atomic E-state index is 0.422. The second-order valence-corrected chi connectivity index (χ2v) is 8.70. The standard InChI is InChI=1S/C23H19ClN4O2S/c1-3-31-23-26-22-20(27-28-23)15-6-4-5-7-17(15)25-21(30-22)19-11-10-18(29-19)16-12-14(24)9-8-13(16)2/h4-12,21,25H,3H2,1-2H3/t21-/m0/s1. The molecular formula is C23H19ClN4O2S. The van der Waals surface area contributed by atoms with Crippen LogP contribution in [0, 0.1) is 6.92 Å². The normalized spacial score (nSPS) is 14.7. The van der Waals surface area contributed by atoms with Crippen LogP contribution in [-0.4, -0.2) is 20.9 Å². The molecule has 0 saturated heterocycles. The summed E-state index contributed by atoms with van der Waals surface area (Å²) in [6, 6.07) is 17.4. The average Bonchev–Trinajstić information content (AvgIpc) is 3.20. The van der Waals surface area contributed by atoms with E-state index in [0.717, 1.165) is 33.9 Å². The van der Waals surface area contributed by atoms with Gasteiger partial charge in [0.05, 0.1) is 0 Å². The van der Waals surface area contributed by atoms with Gasteiger partial charge in [0.25, 0.3) is 0 Å². The van der Waals surface area contributed by atoms with E-state index in [-0.39, 0.29) is 0 Å². The van der Waals surface area contributed by atoms with E-state index in [4.69, 9.17) is 20.8 Å². The third-order valence-corrected chi connectivity index (χ3v) is 5.91. The van der Waals surface area contributed by atoms with Gasteiger partial charge in [-0.1, -0.05) is 54.6 Å². The number of anilines is 1. The van der Waals surface area contributed by atoms with E-state index in [9.17, 15) is 0 Å². The van der Waals surface area contributed by atoms with Gasteiger partial charge in [0.2, 0.25) is 17.3 Å². The quantitative estimate of drug-likeness (QED) is 0.362. The molecule has 1 aliphatic rings. The van der Waals surface area contributed by atoms with Crippen LogP contribution in [0.25, 0.3) is 22.6 Å². The van der Waals surface area contributed by atoms with Crippen LogP contribution in [0.1, 0.15) is 24.5 Å². The molecule has 5 rings (SSSR count). The van der Waals surface area contributed by atoms with Crippen molar-refractivity contribution in [2.24, 2.45) is 0 Å². The molecule has 31 heavy (non-hydrogen) atoms. The molecule has 3 heterocycles. The maximum absolute atomic E-state index is 6.26. The van der Waals surface area contributed by atoms with E-state index in [0.29, 0.717) is 27.5 Å². The number of nitrogens with zero attached hydrogens (tertiary/aromatic N) is 3. The minimum atomic E-state index is -0.577. The van der Waals surface area contributed by atoms with Crippen molar-refractivity contribution in [1.29, 1.82) is 0 Å². The van der Waals surface area contributed by atoms with Crippen molar-refractivity contribution in [2.45, 2.75) is 25.2 Å². The second-order valence-electron chi connectivity index (χ2n) is 7.03. The summed E-state index contributed by atoms with van der Waals surface area (Å²) in [5.41, 5.74) is 4.37. The zero-order valence-corrected chi connectivity index (χ0v) is 18.5. The van der Waals surface area contributed by atoms with Crippen LogP contribution in [0.3, 0.4) is 0 Å². The highest BCUT2D eigenvalue weighted by Crippen LogP contribution is 2.40. The summed E-state index contributed by atoms with van der Waals surface area (Å²) >= 11 is 7.71. The fourth-order valence-corrected chi connectivity index (χ4v) is 4.14. The third kappa shape index (κ3) is 3.86. The number of rotatable bonds is 4.